The third kappa shape index (κ3) is 1.12. The topological polar surface area (TPSA) is 20.3 Å². The number of nitrogens with zero attached hydrogens (tertiary/aromatic N) is 1. The number of Topliss-reactive ketones (excluding diaryl/α,β-unsaturated/α-hetero) is 1. The SMILES string of the molecule is CN1C2CCC1[C@H]1C(=O)c3ccccc3[C@H]1C2. The Hall–Kier alpha value is -1.15. The van der Waals surface area contributed by atoms with Gasteiger partial charge in [-0.25, -0.2) is 0 Å². The summed E-state index contributed by atoms with van der Waals surface area (Å²) in [5, 5.41) is 0. The zero-order valence-electron chi connectivity index (χ0n) is 10.1. The van der Waals surface area contributed by atoms with Gasteiger partial charge in [0.2, 0.25) is 0 Å². The average molecular weight is 227 g/mol. The second-order valence-electron chi connectivity index (χ2n) is 5.78. The molecule has 1 aromatic carbocycles. The van der Waals surface area contributed by atoms with E-state index in [9.17, 15) is 4.79 Å². The molecule has 4 atom stereocenters. The minimum Gasteiger partial charge on any atom is -0.300 e. The van der Waals surface area contributed by atoms with Crippen LogP contribution in [0.2, 0.25) is 0 Å². The van der Waals surface area contributed by atoms with Crippen LogP contribution in [-0.2, 0) is 0 Å². The van der Waals surface area contributed by atoms with E-state index in [0.29, 0.717) is 23.8 Å². The Morgan fingerprint density at radius 1 is 1.24 bits per heavy atom. The molecule has 2 bridgehead atoms. The van der Waals surface area contributed by atoms with Crippen molar-refractivity contribution in [2.24, 2.45) is 5.92 Å². The fourth-order valence-corrected chi connectivity index (χ4v) is 4.37. The first-order valence-corrected chi connectivity index (χ1v) is 6.62. The first-order valence-electron chi connectivity index (χ1n) is 6.62. The van der Waals surface area contributed by atoms with E-state index in [1.54, 1.807) is 0 Å². The standard InChI is InChI=1S/C15H17NO/c1-16-9-6-7-13(16)14-12(8-9)10-4-2-3-5-11(10)15(14)17/h2-5,9,12-14H,6-8H2,1H3/t9?,12-,13?,14+/m1/s1. The van der Waals surface area contributed by atoms with Crippen LogP contribution in [-0.4, -0.2) is 29.8 Å². The lowest BCUT2D eigenvalue weighted by Gasteiger charge is -2.39. The zero-order chi connectivity index (χ0) is 11.6. The van der Waals surface area contributed by atoms with Crippen LogP contribution >= 0.6 is 0 Å². The van der Waals surface area contributed by atoms with Crippen LogP contribution in [0.4, 0.5) is 0 Å². The summed E-state index contributed by atoms with van der Waals surface area (Å²) in [6.45, 7) is 0. The molecule has 2 heteroatoms. The van der Waals surface area contributed by atoms with Gasteiger partial charge >= 0.3 is 0 Å². The van der Waals surface area contributed by atoms with Gasteiger partial charge in [-0.05, 0) is 37.8 Å². The van der Waals surface area contributed by atoms with Gasteiger partial charge in [0.05, 0.1) is 0 Å². The molecule has 0 spiro atoms. The number of benzene rings is 1. The molecule has 0 N–H and O–H groups in total. The normalized spacial score (nSPS) is 39.2. The number of hydrogen-bond donors (Lipinski definition) is 0. The predicted molar refractivity (Wildman–Crippen MR) is 66.2 cm³/mol. The van der Waals surface area contributed by atoms with Crippen LogP contribution in [0.15, 0.2) is 24.3 Å². The lowest BCUT2D eigenvalue weighted by atomic mass is 9.80. The first kappa shape index (κ1) is 9.84. The van der Waals surface area contributed by atoms with E-state index in [0.717, 1.165) is 5.56 Å². The summed E-state index contributed by atoms with van der Waals surface area (Å²) >= 11 is 0. The molecule has 4 rings (SSSR count). The van der Waals surface area contributed by atoms with Crippen molar-refractivity contribution in [2.45, 2.75) is 37.3 Å². The van der Waals surface area contributed by atoms with Gasteiger partial charge in [0.15, 0.2) is 5.78 Å². The highest BCUT2D eigenvalue weighted by Crippen LogP contribution is 2.51. The van der Waals surface area contributed by atoms with Crippen LogP contribution in [0, 0.1) is 5.92 Å². The fourth-order valence-electron chi connectivity index (χ4n) is 4.37. The number of carbonyl (C=O) groups is 1. The maximum absolute atomic E-state index is 12.5. The molecule has 2 heterocycles. The molecular weight excluding hydrogens is 210 g/mol. The van der Waals surface area contributed by atoms with E-state index >= 15 is 0 Å². The van der Waals surface area contributed by atoms with Gasteiger partial charge in [0.1, 0.15) is 0 Å². The van der Waals surface area contributed by atoms with Gasteiger partial charge < -0.3 is 0 Å². The molecule has 1 aliphatic carbocycles. The van der Waals surface area contributed by atoms with E-state index in [2.05, 4.69) is 24.1 Å². The number of hydrogen-bond acceptors (Lipinski definition) is 2. The van der Waals surface area contributed by atoms with Gasteiger partial charge in [-0.1, -0.05) is 24.3 Å². The Morgan fingerprint density at radius 2 is 2.06 bits per heavy atom. The monoisotopic (exact) mass is 227 g/mol. The van der Waals surface area contributed by atoms with E-state index < -0.39 is 0 Å². The number of piperidine rings is 1. The predicted octanol–water partition coefficient (Wildman–Crippen LogP) is 2.45. The lowest BCUT2D eigenvalue weighted by Crippen LogP contribution is -2.46. The minimum atomic E-state index is 0.246. The van der Waals surface area contributed by atoms with Gasteiger partial charge in [0.25, 0.3) is 0 Å². The second-order valence-corrected chi connectivity index (χ2v) is 5.78. The summed E-state index contributed by atoms with van der Waals surface area (Å²) in [4.78, 5) is 15.0. The van der Waals surface area contributed by atoms with Gasteiger partial charge in [-0.2, -0.15) is 0 Å². The zero-order valence-corrected chi connectivity index (χ0v) is 10.1. The van der Waals surface area contributed by atoms with Gasteiger partial charge in [-0.3, -0.25) is 9.69 Å². The van der Waals surface area contributed by atoms with Crippen molar-refractivity contribution in [1.82, 2.24) is 4.90 Å². The maximum atomic E-state index is 12.5. The van der Waals surface area contributed by atoms with E-state index in [1.165, 1.54) is 24.8 Å². The number of carbonyl (C=O) groups excluding carboxylic acids is 1. The van der Waals surface area contributed by atoms with Crippen LogP contribution in [0.1, 0.15) is 41.1 Å². The smallest absolute Gasteiger partial charge is 0.168 e. The lowest BCUT2D eigenvalue weighted by molar-refractivity contribution is 0.0697. The van der Waals surface area contributed by atoms with E-state index in [-0.39, 0.29) is 5.92 Å². The fraction of sp³-hybridized carbons (Fsp3) is 0.533. The minimum absolute atomic E-state index is 0.246. The summed E-state index contributed by atoms with van der Waals surface area (Å²) in [5.74, 6) is 1.16. The Balaban J connectivity index is 1.85. The third-order valence-corrected chi connectivity index (χ3v) is 5.20. The molecule has 0 radical (unpaired) electrons. The van der Waals surface area contributed by atoms with Crippen molar-refractivity contribution in [3.8, 4) is 0 Å². The summed E-state index contributed by atoms with van der Waals surface area (Å²) in [5.41, 5.74) is 2.33. The van der Waals surface area contributed by atoms with Crippen LogP contribution < -0.4 is 0 Å². The molecule has 1 aromatic rings. The van der Waals surface area contributed by atoms with Gasteiger partial charge in [0, 0.05) is 23.6 Å². The molecule has 0 saturated carbocycles. The number of ketones is 1. The Kier molecular flexibility index (Phi) is 1.85. The van der Waals surface area contributed by atoms with Crippen LogP contribution in [0.3, 0.4) is 0 Å². The van der Waals surface area contributed by atoms with Crippen molar-refractivity contribution < 1.29 is 4.79 Å². The Bertz CT molecular complexity index is 495. The highest BCUT2D eigenvalue weighted by Gasteiger charge is 2.52. The molecule has 3 aliphatic rings. The summed E-state index contributed by atoms with van der Waals surface area (Å²) in [7, 11) is 2.20. The molecule has 0 aromatic heterocycles. The van der Waals surface area contributed by atoms with Crippen LogP contribution in [0.25, 0.3) is 0 Å². The number of rotatable bonds is 0. The highest BCUT2D eigenvalue weighted by atomic mass is 16.1. The highest BCUT2D eigenvalue weighted by molar-refractivity contribution is 6.03. The van der Waals surface area contributed by atoms with Crippen molar-refractivity contribution >= 4 is 5.78 Å². The van der Waals surface area contributed by atoms with E-state index in [1.807, 2.05) is 12.1 Å². The molecule has 2 saturated heterocycles. The molecule has 88 valence electrons. The summed E-state index contributed by atoms with van der Waals surface area (Å²) in [6, 6.07) is 9.47. The summed E-state index contributed by atoms with van der Waals surface area (Å²) in [6.07, 6.45) is 3.67. The van der Waals surface area contributed by atoms with Crippen molar-refractivity contribution in [2.75, 3.05) is 7.05 Å². The van der Waals surface area contributed by atoms with Crippen LogP contribution in [0.5, 0.6) is 0 Å². The molecule has 17 heavy (non-hydrogen) atoms. The molecule has 2 fully saturated rings. The van der Waals surface area contributed by atoms with E-state index in [4.69, 9.17) is 0 Å². The molecule has 2 nitrogen and oxygen atoms in total. The van der Waals surface area contributed by atoms with Crippen molar-refractivity contribution in [1.29, 1.82) is 0 Å². The maximum Gasteiger partial charge on any atom is 0.168 e. The Morgan fingerprint density at radius 3 is 2.94 bits per heavy atom. The first-order chi connectivity index (χ1) is 8.27. The number of fused-ring (bicyclic) bond motifs is 6. The molecule has 2 unspecified atom stereocenters. The summed E-state index contributed by atoms with van der Waals surface area (Å²) < 4.78 is 0. The van der Waals surface area contributed by atoms with Gasteiger partial charge in [-0.15, -0.1) is 0 Å². The average Bonchev–Trinajstić information content (AvgIpc) is 2.75. The van der Waals surface area contributed by atoms with Crippen molar-refractivity contribution in [3.05, 3.63) is 35.4 Å². The molecular formula is C15H17NO. The third-order valence-electron chi connectivity index (χ3n) is 5.20. The second kappa shape index (κ2) is 3.20. The quantitative estimate of drug-likeness (QED) is 0.678. The molecule has 2 aliphatic heterocycles. The molecule has 0 amide bonds. The largest absolute Gasteiger partial charge is 0.300 e. The van der Waals surface area contributed by atoms with Crippen molar-refractivity contribution in [3.63, 3.8) is 0 Å². The Labute approximate surface area is 102 Å².